The van der Waals surface area contributed by atoms with E-state index in [1.54, 1.807) is 18.6 Å². The molecule has 110 valence electrons. The Hall–Kier alpha value is -2.75. The quantitative estimate of drug-likeness (QED) is 0.800. The zero-order chi connectivity index (χ0) is 15.4. The van der Waals surface area contributed by atoms with E-state index in [-0.39, 0.29) is 11.9 Å². The Morgan fingerprint density at radius 1 is 1.14 bits per heavy atom. The maximum atomic E-state index is 12.5. The van der Waals surface area contributed by atoms with Crippen LogP contribution in [0.1, 0.15) is 35.3 Å². The third-order valence-electron chi connectivity index (χ3n) is 3.69. The monoisotopic (exact) mass is 291 g/mol. The second kappa shape index (κ2) is 6.35. The van der Waals surface area contributed by atoms with Crippen LogP contribution in [0.3, 0.4) is 0 Å². The smallest absolute Gasteiger partial charge is 0.251 e. The first-order chi connectivity index (χ1) is 10.8. The highest BCUT2D eigenvalue weighted by Crippen LogP contribution is 2.18. The average molecular weight is 291 g/mol. The minimum atomic E-state index is -0.0746. The first-order valence-electron chi connectivity index (χ1n) is 7.33. The second-order valence-corrected chi connectivity index (χ2v) is 5.13. The Balaban J connectivity index is 1.83. The fourth-order valence-corrected chi connectivity index (χ4v) is 2.48. The van der Waals surface area contributed by atoms with Crippen molar-refractivity contribution in [2.45, 2.75) is 19.4 Å². The lowest BCUT2D eigenvalue weighted by atomic mass is 10.0. The van der Waals surface area contributed by atoms with Crippen molar-refractivity contribution < 1.29 is 4.79 Å². The topological polar surface area (TPSA) is 54.9 Å². The summed E-state index contributed by atoms with van der Waals surface area (Å²) in [6.45, 7) is 2.05. The number of aromatic nitrogens is 2. The normalized spacial score (nSPS) is 12.0. The molecule has 0 saturated carbocycles. The van der Waals surface area contributed by atoms with Gasteiger partial charge in [-0.25, -0.2) is 0 Å². The van der Waals surface area contributed by atoms with E-state index in [2.05, 4.69) is 22.2 Å². The molecular weight excluding hydrogens is 274 g/mol. The number of pyridine rings is 2. The molecule has 3 rings (SSSR count). The fraction of sp³-hybridized carbons (Fsp3) is 0.167. The number of rotatable bonds is 4. The molecule has 0 bridgehead atoms. The van der Waals surface area contributed by atoms with Gasteiger partial charge >= 0.3 is 0 Å². The summed E-state index contributed by atoms with van der Waals surface area (Å²) in [6, 6.07) is 13.2. The van der Waals surface area contributed by atoms with Crippen molar-refractivity contribution in [3.8, 4) is 0 Å². The molecule has 22 heavy (non-hydrogen) atoms. The molecule has 0 fully saturated rings. The average Bonchev–Trinajstić information content (AvgIpc) is 2.59. The molecule has 1 N–H and O–H groups in total. The minimum Gasteiger partial charge on any atom is -0.345 e. The molecule has 0 aliphatic carbocycles. The third kappa shape index (κ3) is 2.96. The molecule has 0 aliphatic rings. The SMILES string of the molecule is CCC(NC(=O)c1ccc2ncccc2c1)c1ccncc1. The van der Waals surface area contributed by atoms with Gasteiger partial charge in [-0.05, 0) is 48.4 Å². The van der Waals surface area contributed by atoms with E-state index in [0.29, 0.717) is 5.56 Å². The number of carbonyl (C=O) groups is 1. The van der Waals surface area contributed by atoms with E-state index in [1.165, 1.54) is 0 Å². The molecule has 2 heterocycles. The largest absolute Gasteiger partial charge is 0.345 e. The summed E-state index contributed by atoms with van der Waals surface area (Å²) in [4.78, 5) is 20.8. The summed E-state index contributed by atoms with van der Waals surface area (Å²) in [6.07, 6.45) is 6.06. The van der Waals surface area contributed by atoms with E-state index >= 15 is 0 Å². The van der Waals surface area contributed by atoms with Crippen LogP contribution in [0, 0.1) is 0 Å². The van der Waals surface area contributed by atoms with Crippen LogP contribution < -0.4 is 5.32 Å². The summed E-state index contributed by atoms with van der Waals surface area (Å²) in [5.74, 6) is -0.0746. The molecule has 0 saturated heterocycles. The molecule has 2 aromatic heterocycles. The Morgan fingerprint density at radius 3 is 2.73 bits per heavy atom. The number of nitrogens with one attached hydrogen (secondary N) is 1. The molecule has 1 amide bonds. The van der Waals surface area contributed by atoms with Crippen LogP contribution in [0.2, 0.25) is 0 Å². The second-order valence-electron chi connectivity index (χ2n) is 5.13. The van der Waals surface area contributed by atoms with Crippen molar-refractivity contribution in [1.29, 1.82) is 0 Å². The van der Waals surface area contributed by atoms with Crippen LogP contribution in [-0.4, -0.2) is 15.9 Å². The third-order valence-corrected chi connectivity index (χ3v) is 3.69. The highest BCUT2D eigenvalue weighted by atomic mass is 16.1. The molecule has 0 aliphatic heterocycles. The number of hydrogen-bond donors (Lipinski definition) is 1. The fourth-order valence-electron chi connectivity index (χ4n) is 2.48. The molecular formula is C18H17N3O. The number of fused-ring (bicyclic) bond motifs is 1. The summed E-state index contributed by atoms with van der Waals surface area (Å²) < 4.78 is 0. The Kier molecular flexibility index (Phi) is 4.10. The first kappa shape index (κ1) is 14.2. The van der Waals surface area contributed by atoms with E-state index in [4.69, 9.17) is 0 Å². The lowest BCUT2D eigenvalue weighted by Crippen LogP contribution is -2.28. The maximum Gasteiger partial charge on any atom is 0.251 e. The predicted molar refractivity (Wildman–Crippen MR) is 86.5 cm³/mol. The van der Waals surface area contributed by atoms with Crippen molar-refractivity contribution in [2.75, 3.05) is 0 Å². The standard InChI is InChI=1S/C18H17N3O/c1-2-16(13-7-10-19-11-8-13)21-18(22)15-5-6-17-14(12-15)4-3-9-20-17/h3-12,16H,2H2,1H3,(H,21,22). The van der Waals surface area contributed by atoms with Crippen molar-refractivity contribution in [3.63, 3.8) is 0 Å². The lowest BCUT2D eigenvalue weighted by molar-refractivity contribution is 0.0935. The molecule has 0 spiro atoms. The van der Waals surface area contributed by atoms with Crippen LogP contribution in [0.25, 0.3) is 10.9 Å². The van der Waals surface area contributed by atoms with Crippen molar-refractivity contribution in [2.24, 2.45) is 0 Å². The molecule has 1 atom stereocenters. The summed E-state index contributed by atoms with van der Waals surface area (Å²) in [5, 5.41) is 4.04. The van der Waals surface area contributed by atoms with Crippen LogP contribution in [-0.2, 0) is 0 Å². The Morgan fingerprint density at radius 2 is 1.95 bits per heavy atom. The van der Waals surface area contributed by atoms with Gasteiger partial charge in [-0.2, -0.15) is 0 Å². The zero-order valence-corrected chi connectivity index (χ0v) is 12.4. The van der Waals surface area contributed by atoms with Crippen molar-refractivity contribution >= 4 is 16.8 Å². The van der Waals surface area contributed by atoms with Gasteiger partial charge in [-0.15, -0.1) is 0 Å². The molecule has 1 unspecified atom stereocenters. The maximum absolute atomic E-state index is 12.5. The van der Waals surface area contributed by atoms with Crippen LogP contribution in [0.15, 0.2) is 61.1 Å². The van der Waals surface area contributed by atoms with Gasteiger partial charge in [0.1, 0.15) is 0 Å². The number of nitrogens with zero attached hydrogens (tertiary/aromatic N) is 2. The molecule has 0 radical (unpaired) electrons. The Bertz CT molecular complexity index is 786. The number of hydrogen-bond acceptors (Lipinski definition) is 3. The van der Waals surface area contributed by atoms with Gasteiger partial charge < -0.3 is 5.32 Å². The zero-order valence-electron chi connectivity index (χ0n) is 12.4. The van der Waals surface area contributed by atoms with Gasteiger partial charge in [0.05, 0.1) is 11.6 Å². The van der Waals surface area contributed by atoms with Crippen LogP contribution in [0.5, 0.6) is 0 Å². The summed E-state index contributed by atoms with van der Waals surface area (Å²) >= 11 is 0. The van der Waals surface area contributed by atoms with Gasteiger partial charge in [-0.3, -0.25) is 14.8 Å². The van der Waals surface area contributed by atoms with E-state index in [0.717, 1.165) is 22.9 Å². The highest BCUT2D eigenvalue weighted by molar-refractivity contribution is 5.98. The van der Waals surface area contributed by atoms with Crippen molar-refractivity contribution in [1.82, 2.24) is 15.3 Å². The molecule has 1 aromatic carbocycles. The molecule has 4 heteroatoms. The van der Waals surface area contributed by atoms with Gasteiger partial charge in [0, 0.05) is 29.5 Å². The minimum absolute atomic E-state index is 0.0138. The first-order valence-corrected chi connectivity index (χ1v) is 7.33. The molecule has 3 aromatic rings. The van der Waals surface area contributed by atoms with Gasteiger partial charge in [0.25, 0.3) is 5.91 Å². The van der Waals surface area contributed by atoms with E-state index < -0.39 is 0 Å². The number of carbonyl (C=O) groups excluding carboxylic acids is 1. The predicted octanol–water partition coefficient (Wildman–Crippen LogP) is 3.51. The summed E-state index contributed by atoms with van der Waals surface area (Å²) in [5.41, 5.74) is 2.60. The van der Waals surface area contributed by atoms with Crippen LogP contribution >= 0.6 is 0 Å². The number of benzene rings is 1. The summed E-state index contributed by atoms with van der Waals surface area (Å²) in [7, 11) is 0. The van der Waals surface area contributed by atoms with Gasteiger partial charge in [0.15, 0.2) is 0 Å². The van der Waals surface area contributed by atoms with E-state index in [9.17, 15) is 4.79 Å². The van der Waals surface area contributed by atoms with E-state index in [1.807, 2.05) is 42.5 Å². The van der Waals surface area contributed by atoms with Gasteiger partial charge in [-0.1, -0.05) is 13.0 Å². The highest BCUT2D eigenvalue weighted by Gasteiger charge is 2.14. The van der Waals surface area contributed by atoms with Crippen molar-refractivity contribution in [3.05, 3.63) is 72.2 Å². The Labute approximate surface area is 129 Å². The lowest BCUT2D eigenvalue weighted by Gasteiger charge is -2.17. The molecule has 4 nitrogen and oxygen atoms in total. The van der Waals surface area contributed by atoms with Crippen LogP contribution in [0.4, 0.5) is 0 Å². The number of amides is 1. The van der Waals surface area contributed by atoms with Gasteiger partial charge in [0.2, 0.25) is 0 Å².